The van der Waals surface area contributed by atoms with Gasteiger partial charge in [-0.25, -0.2) is 21.9 Å². The number of carboxylic acid groups (broad SMARTS) is 1. The van der Waals surface area contributed by atoms with E-state index in [2.05, 4.69) is 5.32 Å². The molecule has 0 aliphatic carbocycles. The Balaban J connectivity index is 1.57. The molecule has 0 radical (unpaired) electrons. The Morgan fingerprint density at radius 1 is 1.23 bits per heavy atom. The van der Waals surface area contributed by atoms with Crippen LogP contribution in [0.2, 0.25) is 0 Å². The summed E-state index contributed by atoms with van der Waals surface area (Å²) in [5.74, 6) is -0.662. The van der Waals surface area contributed by atoms with Crippen LogP contribution >= 0.6 is 0 Å². The average molecular weight is 451 g/mol. The Hall–Kier alpha value is -2.49. The number of nitrogens with one attached hydrogen (secondary N) is 1. The summed E-state index contributed by atoms with van der Waals surface area (Å²) < 4.78 is 46.6. The summed E-state index contributed by atoms with van der Waals surface area (Å²) in [5, 5.41) is 11.4. The first-order chi connectivity index (χ1) is 14.7. The Kier molecular flexibility index (Phi) is 7.64. The predicted molar refractivity (Wildman–Crippen MR) is 115 cm³/mol. The van der Waals surface area contributed by atoms with Crippen molar-refractivity contribution in [3.05, 3.63) is 71.0 Å². The number of amides is 1. The number of hydrogen-bond donors (Lipinski definition) is 2. The molecule has 1 aliphatic heterocycles. The van der Waals surface area contributed by atoms with Gasteiger partial charge >= 0.3 is 6.09 Å². The van der Waals surface area contributed by atoms with E-state index in [0.29, 0.717) is 31.5 Å². The number of rotatable bonds is 8. The van der Waals surface area contributed by atoms with Crippen molar-refractivity contribution in [2.45, 2.75) is 38.5 Å². The van der Waals surface area contributed by atoms with E-state index in [1.807, 2.05) is 6.92 Å². The monoisotopic (exact) mass is 450 g/mol. The third-order valence-corrected chi connectivity index (χ3v) is 7.36. The molecule has 1 saturated heterocycles. The zero-order valence-corrected chi connectivity index (χ0v) is 18.1. The highest BCUT2D eigenvalue weighted by Crippen LogP contribution is 2.23. The summed E-state index contributed by atoms with van der Waals surface area (Å²) in [6.45, 7) is 2.76. The molecule has 168 valence electrons. The van der Waals surface area contributed by atoms with Gasteiger partial charge in [0.15, 0.2) is 0 Å². The van der Waals surface area contributed by atoms with Gasteiger partial charge in [-0.2, -0.15) is 0 Å². The third kappa shape index (κ3) is 6.49. The number of piperidine rings is 1. The van der Waals surface area contributed by atoms with Gasteiger partial charge in [0.05, 0.1) is 24.5 Å². The maximum absolute atomic E-state index is 13.4. The zero-order valence-electron chi connectivity index (χ0n) is 17.3. The van der Waals surface area contributed by atoms with Crippen molar-refractivity contribution in [2.24, 2.45) is 0 Å². The fourth-order valence-electron chi connectivity index (χ4n) is 3.65. The topological polar surface area (TPSA) is 95.9 Å². The number of nitrogens with zero attached hydrogens (tertiary/aromatic N) is 1. The van der Waals surface area contributed by atoms with Gasteiger partial charge in [-0.1, -0.05) is 36.4 Å². The van der Waals surface area contributed by atoms with Gasteiger partial charge in [-0.15, -0.1) is 0 Å². The van der Waals surface area contributed by atoms with E-state index >= 15 is 0 Å². The second-order valence-corrected chi connectivity index (χ2v) is 9.69. The van der Waals surface area contributed by atoms with Gasteiger partial charge in [0.1, 0.15) is 5.82 Å². The van der Waals surface area contributed by atoms with Crippen LogP contribution in [0.4, 0.5) is 9.18 Å². The molecule has 0 bridgehead atoms. The van der Waals surface area contributed by atoms with Crippen LogP contribution in [0.3, 0.4) is 0 Å². The zero-order chi connectivity index (χ0) is 22.4. The Bertz CT molecular complexity index is 992. The van der Waals surface area contributed by atoms with Gasteiger partial charge in [0.25, 0.3) is 0 Å². The van der Waals surface area contributed by atoms with Crippen LogP contribution in [0.1, 0.15) is 35.6 Å². The van der Waals surface area contributed by atoms with Crippen molar-refractivity contribution in [3.8, 4) is 0 Å². The molecule has 1 amide bonds. The van der Waals surface area contributed by atoms with Crippen molar-refractivity contribution in [3.63, 3.8) is 0 Å². The fourth-order valence-corrected chi connectivity index (χ4v) is 5.33. The van der Waals surface area contributed by atoms with Crippen LogP contribution in [-0.4, -0.2) is 48.9 Å². The number of sulfonamides is 1. The lowest BCUT2D eigenvalue weighted by Crippen LogP contribution is -2.44. The van der Waals surface area contributed by atoms with Gasteiger partial charge in [0, 0.05) is 13.1 Å². The third-order valence-electron chi connectivity index (χ3n) is 5.46. The highest BCUT2D eigenvalue weighted by molar-refractivity contribution is 7.89. The summed E-state index contributed by atoms with van der Waals surface area (Å²) in [6, 6.07) is 12.4. The summed E-state index contributed by atoms with van der Waals surface area (Å²) in [5.41, 5.74) is 2.32. The van der Waals surface area contributed by atoms with Crippen LogP contribution in [0.25, 0.3) is 0 Å². The number of ether oxygens (including phenoxy) is 1. The molecule has 1 heterocycles. The maximum atomic E-state index is 13.4. The van der Waals surface area contributed by atoms with Crippen molar-refractivity contribution >= 4 is 16.1 Å². The van der Waals surface area contributed by atoms with E-state index in [0.717, 1.165) is 11.1 Å². The lowest BCUT2D eigenvalue weighted by atomic mass is 10.1. The maximum Gasteiger partial charge on any atom is 0.405 e. The quantitative estimate of drug-likeness (QED) is 0.642. The van der Waals surface area contributed by atoms with Crippen molar-refractivity contribution in [1.82, 2.24) is 9.62 Å². The minimum atomic E-state index is -3.68. The number of aryl methyl sites for hydroxylation is 1. The van der Waals surface area contributed by atoms with Crippen LogP contribution in [0.5, 0.6) is 0 Å². The Labute approximate surface area is 181 Å². The number of benzene rings is 2. The molecule has 3 rings (SSSR count). The SMILES string of the molecule is Cc1ccc(F)cc1COC1CCN(S(=O)(=O)C[C@H](NC(=O)O)c2ccccc2)CC1. The fraction of sp³-hybridized carbons (Fsp3) is 0.409. The minimum Gasteiger partial charge on any atom is -0.465 e. The van der Waals surface area contributed by atoms with Crippen molar-refractivity contribution in [2.75, 3.05) is 18.8 Å². The second kappa shape index (κ2) is 10.2. The van der Waals surface area contributed by atoms with E-state index in [4.69, 9.17) is 9.84 Å². The van der Waals surface area contributed by atoms with E-state index < -0.39 is 22.2 Å². The number of carbonyl (C=O) groups is 1. The normalized spacial score (nSPS) is 16.7. The second-order valence-electron chi connectivity index (χ2n) is 7.67. The first kappa shape index (κ1) is 23.2. The summed E-state index contributed by atoms with van der Waals surface area (Å²) in [4.78, 5) is 11.2. The molecule has 0 aromatic heterocycles. The highest BCUT2D eigenvalue weighted by atomic mass is 32.2. The molecule has 1 atom stereocenters. The van der Waals surface area contributed by atoms with Crippen LogP contribution in [0.15, 0.2) is 48.5 Å². The summed E-state index contributed by atoms with van der Waals surface area (Å²) in [7, 11) is -3.68. The lowest BCUT2D eigenvalue weighted by molar-refractivity contribution is 0.00987. The average Bonchev–Trinajstić information content (AvgIpc) is 2.74. The van der Waals surface area contributed by atoms with E-state index in [1.165, 1.54) is 16.4 Å². The van der Waals surface area contributed by atoms with Crippen molar-refractivity contribution < 1.29 is 27.4 Å². The number of hydrogen-bond acceptors (Lipinski definition) is 4. The highest BCUT2D eigenvalue weighted by Gasteiger charge is 2.31. The van der Waals surface area contributed by atoms with E-state index in [1.54, 1.807) is 36.4 Å². The van der Waals surface area contributed by atoms with E-state index in [9.17, 15) is 17.6 Å². The van der Waals surface area contributed by atoms with Crippen molar-refractivity contribution in [1.29, 1.82) is 0 Å². The molecule has 7 nitrogen and oxygen atoms in total. The number of halogens is 1. The smallest absolute Gasteiger partial charge is 0.405 e. The minimum absolute atomic E-state index is 0.115. The molecular formula is C22H27FN2O5S. The molecular weight excluding hydrogens is 423 g/mol. The molecule has 2 aromatic carbocycles. The summed E-state index contributed by atoms with van der Waals surface area (Å²) in [6.07, 6.45) is -0.341. The van der Waals surface area contributed by atoms with Crippen LogP contribution in [0, 0.1) is 12.7 Å². The Morgan fingerprint density at radius 2 is 1.90 bits per heavy atom. The predicted octanol–water partition coefficient (Wildman–Crippen LogP) is 3.45. The largest absolute Gasteiger partial charge is 0.465 e. The molecule has 0 unspecified atom stereocenters. The summed E-state index contributed by atoms with van der Waals surface area (Å²) >= 11 is 0. The van der Waals surface area contributed by atoms with Gasteiger partial charge in [-0.3, -0.25) is 0 Å². The first-order valence-electron chi connectivity index (χ1n) is 10.1. The molecule has 0 saturated carbocycles. The molecule has 2 aromatic rings. The molecule has 1 aliphatic rings. The van der Waals surface area contributed by atoms with Gasteiger partial charge < -0.3 is 15.2 Å². The van der Waals surface area contributed by atoms with E-state index in [-0.39, 0.29) is 24.3 Å². The lowest BCUT2D eigenvalue weighted by Gasteiger charge is -2.32. The molecule has 31 heavy (non-hydrogen) atoms. The molecule has 9 heteroatoms. The first-order valence-corrected chi connectivity index (χ1v) is 11.7. The van der Waals surface area contributed by atoms with Gasteiger partial charge in [0.2, 0.25) is 10.0 Å². The molecule has 1 fully saturated rings. The Morgan fingerprint density at radius 3 is 2.55 bits per heavy atom. The van der Waals surface area contributed by atoms with Crippen LogP contribution < -0.4 is 5.32 Å². The molecule has 2 N–H and O–H groups in total. The molecule has 0 spiro atoms. The standard InChI is InChI=1S/C22H27FN2O5S/c1-16-7-8-19(23)13-18(16)14-30-20-9-11-25(12-10-20)31(28,29)15-21(24-22(26)27)17-5-3-2-4-6-17/h2-8,13,20-21,24H,9-12,14-15H2,1H3,(H,26,27)/t21-/m0/s1. The van der Waals surface area contributed by atoms with Crippen LogP contribution in [-0.2, 0) is 21.4 Å². The van der Waals surface area contributed by atoms with Gasteiger partial charge in [-0.05, 0) is 48.6 Å².